The van der Waals surface area contributed by atoms with Crippen LogP contribution in [0.4, 0.5) is 5.69 Å². The lowest BCUT2D eigenvalue weighted by atomic mass is 10.2. The van der Waals surface area contributed by atoms with Gasteiger partial charge in [0.05, 0.1) is 22.2 Å². The first-order chi connectivity index (χ1) is 12.5. The maximum atomic E-state index is 12.6. The van der Waals surface area contributed by atoms with E-state index >= 15 is 0 Å². The van der Waals surface area contributed by atoms with E-state index in [0.29, 0.717) is 17.1 Å². The quantitative estimate of drug-likeness (QED) is 0.391. The van der Waals surface area contributed by atoms with E-state index in [2.05, 4.69) is 11.6 Å². The minimum atomic E-state index is -0.659. The number of allylic oxidation sites excluding steroid dienone is 1. The summed E-state index contributed by atoms with van der Waals surface area (Å²) in [4.78, 5) is 27.7. The highest BCUT2D eigenvalue weighted by molar-refractivity contribution is 7.16. The molecule has 0 saturated carbocycles. The molecule has 0 bridgehead atoms. The maximum Gasteiger partial charge on any atom is 0.286 e. The van der Waals surface area contributed by atoms with Crippen LogP contribution in [0.3, 0.4) is 0 Å². The van der Waals surface area contributed by atoms with Gasteiger partial charge in [-0.15, -0.1) is 6.58 Å². The number of benzene rings is 2. The summed E-state index contributed by atoms with van der Waals surface area (Å²) in [6.45, 7) is 4.19. The van der Waals surface area contributed by atoms with Gasteiger partial charge in [0.15, 0.2) is 4.80 Å². The van der Waals surface area contributed by atoms with Gasteiger partial charge in [-0.3, -0.25) is 14.9 Å². The van der Waals surface area contributed by atoms with Crippen molar-refractivity contribution >= 4 is 33.1 Å². The summed E-state index contributed by atoms with van der Waals surface area (Å²) in [6.07, 6.45) is 1.70. The van der Waals surface area contributed by atoms with Crippen molar-refractivity contribution in [3.05, 3.63) is 75.6 Å². The van der Waals surface area contributed by atoms with Crippen LogP contribution in [0.1, 0.15) is 10.4 Å². The molecular formula is C18H15N3O4S. The Bertz CT molecular complexity index is 1080. The number of fused-ring (bicyclic) bond motifs is 1. The van der Waals surface area contributed by atoms with Gasteiger partial charge in [-0.1, -0.05) is 29.5 Å². The fourth-order valence-electron chi connectivity index (χ4n) is 2.53. The predicted octanol–water partition coefficient (Wildman–Crippen LogP) is 3.55. The third-order valence-electron chi connectivity index (χ3n) is 3.73. The zero-order valence-electron chi connectivity index (χ0n) is 13.9. The minimum absolute atomic E-state index is 0.0438. The molecule has 0 fully saturated rings. The van der Waals surface area contributed by atoms with Crippen LogP contribution in [0.15, 0.2) is 60.1 Å². The number of rotatable bonds is 5. The van der Waals surface area contributed by atoms with Gasteiger partial charge in [0, 0.05) is 12.6 Å². The number of amides is 1. The molecule has 132 valence electrons. The van der Waals surface area contributed by atoms with Crippen molar-refractivity contribution in [2.45, 2.75) is 6.54 Å². The van der Waals surface area contributed by atoms with Crippen molar-refractivity contribution in [2.75, 3.05) is 7.11 Å². The molecule has 7 nitrogen and oxygen atoms in total. The van der Waals surface area contributed by atoms with E-state index < -0.39 is 10.8 Å². The summed E-state index contributed by atoms with van der Waals surface area (Å²) in [5.74, 6) is 0.0368. The molecule has 0 atom stereocenters. The fourth-order valence-corrected chi connectivity index (χ4v) is 3.60. The molecule has 1 amide bonds. The third kappa shape index (κ3) is 3.27. The number of nitro benzene ring substituents is 1. The number of hydrogen-bond acceptors (Lipinski definition) is 5. The van der Waals surface area contributed by atoms with Gasteiger partial charge in [-0.25, -0.2) is 0 Å². The molecule has 0 N–H and O–H groups in total. The second kappa shape index (κ2) is 7.32. The van der Waals surface area contributed by atoms with Crippen LogP contribution >= 0.6 is 11.3 Å². The predicted molar refractivity (Wildman–Crippen MR) is 99.6 cm³/mol. The maximum absolute atomic E-state index is 12.6. The SMILES string of the molecule is C=CCn1c(=NC(=O)c2ccccc2[N+](=O)[O-])sc2cc(OC)ccc21. The second-order valence-corrected chi connectivity index (χ2v) is 6.32. The number of thiazole rings is 1. The lowest BCUT2D eigenvalue weighted by Gasteiger charge is -2.02. The summed E-state index contributed by atoms with van der Waals surface area (Å²) >= 11 is 1.31. The Kier molecular flexibility index (Phi) is 4.94. The summed E-state index contributed by atoms with van der Waals surface area (Å²) in [5, 5.41) is 11.1. The molecule has 0 unspecified atom stereocenters. The lowest BCUT2D eigenvalue weighted by Crippen LogP contribution is -2.16. The summed E-state index contributed by atoms with van der Waals surface area (Å²) in [5.41, 5.74) is 0.571. The molecule has 3 aromatic rings. The molecule has 2 aromatic carbocycles. The first kappa shape index (κ1) is 17.6. The van der Waals surface area contributed by atoms with Crippen molar-refractivity contribution < 1.29 is 14.5 Å². The smallest absolute Gasteiger partial charge is 0.286 e. The molecule has 0 saturated heterocycles. The van der Waals surface area contributed by atoms with Crippen LogP contribution in [-0.4, -0.2) is 22.5 Å². The van der Waals surface area contributed by atoms with E-state index in [4.69, 9.17) is 4.74 Å². The van der Waals surface area contributed by atoms with Crippen LogP contribution in [0.5, 0.6) is 5.75 Å². The van der Waals surface area contributed by atoms with E-state index in [1.54, 1.807) is 19.3 Å². The summed E-state index contributed by atoms with van der Waals surface area (Å²) in [7, 11) is 1.58. The first-order valence-electron chi connectivity index (χ1n) is 7.66. The number of carbonyl (C=O) groups excluding carboxylic acids is 1. The largest absolute Gasteiger partial charge is 0.497 e. The zero-order valence-corrected chi connectivity index (χ0v) is 14.7. The van der Waals surface area contributed by atoms with Crippen molar-refractivity contribution in [2.24, 2.45) is 4.99 Å². The van der Waals surface area contributed by atoms with Gasteiger partial charge in [-0.05, 0) is 24.3 Å². The highest BCUT2D eigenvalue weighted by atomic mass is 32.1. The number of nitro groups is 1. The van der Waals surface area contributed by atoms with Crippen molar-refractivity contribution in [3.8, 4) is 5.75 Å². The minimum Gasteiger partial charge on any atom is -0.497 e. The van der Waals surface area contributed by atoms with E-state index in [1.165, 1.54) is 29.5 Å². The Balaban J connectivity index is 2.17. The van der Waals surface area contributed by atoms with E-state index in [9.17, 15) is 14.9 Å². The Morgan fingerprint density at radius 1 is 1.38 bits per heavy atom. The molecule has 0 aliphatic rings. The molecule has 0 spiro atoms. The van der Waals surface area contributed by atoms with E-state index in [0.717, 1.165) is 10.2 Å². The standard InChI is InChI=1S/C18H15N3O4S/c1-3-10-20-15-9-8-12(25-2)11-16(15)26-18(20)19-17(22)13-6-4-5-7-14(13)21(23)24/h3-9,11H,1,10H2,2H3. The number of nitrogens with zero attached hydrogens (tertiary/aromatic N) is 3. The summed E-state index contributed by atoms with van der Waals surface area (Å²) in [6, 6.07) is 11.3. The lowest BCUT2D eigenvalue weighted by molar-refractivity contribution is -0.385. The van der Waals surface area contributed by atoms with Crippen LogP contribution < -0.4 is 9.54 Å². The third-order valence-corrected chi connectivity index (χ3v) is 4.77. The highest BCUT2D eigenvalue weighted by Crippen LogP contribution is 2.24. The van der Waals surface area contributed by atoms with E-state index in [1.807, 2.05) is 22.8 Å². The fraction of sp³-hybridized carbons (Fsp3) is 0.111. The van der Waals surface area contributed by atoms with Crippen molar-refractivity contribution in [1.29, 1.82) is 0 Å². The molecule has 26 heavy (non-hydrogen) atoms. The number of aromatic nitrogens is 1. The Labute approximate surface area is 152 Å². The average molecular weight is 369 g/mol. The van der Waals surface area contributed by atoms with Crippen LogP contribution in [-0.2, 0) is 6.54 Å². The summed E-state index contributed by atoms with van der Waals surface area (Å²) < 4.78 is 7.95. The van der Waals surface area contributed by atoms with Crippen LogP contribution in [0, 0.1) is 10.1 Å². The average Bonchev–Trinajstić information content (AvgIpc) is 2.98. The number of hydrogen-bond donors (Lipinski definition) is 0. The Morgan fingerprint density at radius 3 is 2.85 bits per heavy atom. The number of ether oxygens (including phenoxy) is 1. The molecule has 1 heterocycles. The molecule has 0 aliphatic heterocycles. The number of para-hydroxylation sites is 1. The van der Waals surface area contributed by atoms with Crippen LogP contribution in [0.25, 0.3) is 10.2 Å². The normalized spacial score (nSPS) is 11.5. The molecule has 8 heteroatoms. The molecule has 0 aliphatic carbocycles. The highest BCUT2D eigenvalue weighted by Gasteiger charge is 2.19. The van der Waals surface area contributed by atoms with Gasteiger partial charge in [0.25, 0.3) is 11.6 Å². The topological polar surface area (TPSA) is 86.7 Å². The number of methoxy groups -OCH3 is 1. The van der Waals surface area contributed by atoms with Gasteiger partial charge < -0.3 is 9.30 Å². The number of carbonyl (C=O) groups is 1. The van der Waals surface area contributed by atoms with Gasteiger partial charge in [0.1, 0.15) is 11.3 Å². The monoisotopic (exact) mass is 369 g/mol. The van der Waals surface area contributed by atoms with Gasteiger partial charge >= 0.3 is 0 Å². The second-order valence-electron chi connectivity index (χ2n) is 5.31. The Hall–Kier alpha value is -3.26. The van der Waals surface area contributed by atoms with Gasteiger partial charge in [-0.2, -0.15) is 4.99 Å². The van der Waals surface area contributed by atoms with Crippen molar-refractivity contribution in [1.82, 2.24) is 4.57 Å². The first-order valence-corrected chi connectivity index (χ1v) is 8.47. The molecule has 0 radical (unpaired) electrons. The zero-order chi connectivity index (χ0) is 18.7. The Morgan fingerprint density at radius 2 is 2.15 bits per heavy atom. The van der Waals surface area contributed by atoms with Crippen LogP contribution in [0.2, 0.25) is 0 Å². The van der Waals surface area contributed by atoms with Crippen molar-refractivity contribution in [3.63, 3.8) is 0 Å². The molecule has 1 aromatic heterocycles. The van der Waals surface area contributed by atoms with E-state index in [-0.39, 0.29) is 11.3 Å². The van der Waals surface area contributed by atoms with Gasteiger partial charge in [0.2, 0.25) is 0 Å². The molecule has 3 rings (SSSR count). The molecular weight excluding hydrogens is 354 g/mol.